The maximum Gasteiger partial charge on any atom is 0.269 e. The van der Waals surface area contributed by atoms with Crippen LogP contribution in [0.1, 0.15) is 30.5 Å². The summed E-state index contributed by atoms with van der Waals surface area (Å²) in [5.74, 6) is -0.0224. The van der Waals surface area contributed by atoms with Gasteiger partial charge in [-0.05, 0) is 55.7 Å². The van der Waals surface area contributed by atoms with Crippen molar-refractivity contribution in [3.05, 3.63) is 75.2 Å². The fraction of sp³-hybridized carbons (Fsp3) is 0.217. The summed E-state index contributed by atoms with van der Waals surface area (Å²) in [7, 11) is 0. The number of aryl methyl sites for hydroxylation is 2. The maximum absolute atomic E-state index is 13.2. The molecule has 1 N–H and O–H groups in total. The molecule has 2 aromatic heterocycles. The Morgan fingerprint density at radius 1 is 1.27 bits per heavy atom. The molecule has 3 rings (SSSR count). The highest BCUT2D eigenvalue weighted by molar-refractivity contribution is 6.01. The van der Waals surface area contributed by atoms with Gasteiger partial charge in [0, 0.05) is 12.7 Å². The van der Waals surface area contributed by atoms with E-state index in [9.17, 15) is 14.9 Å². The molecule has 0 atom stereocenters. The Balaban J connectivity index is 2.21. The molecule has 1 amide bonds. The van der Waals surface area contributed by atoms with E-state index in [0.29, 0.717) is 17.9 Å². The standard InChI is InChI=1S/C23H22N4O3/c1-4-16-8-10-18(11-9-16)30-22-19(13-17(14-24)21(28)25-5-2)23(29)27-12-6-7-15(3)20(27)26-22/h6-13H,4-5H2,1-3H3,(H,25,28). The lowest BCUT2D eigenvalue weighted by Crippen LogP contribution is -2.25. The third-order valence-corrected chi connectivity index (χ3v) is 4.59. The molecule has 0 saturated heterocycles. The highest BCUT2D eigenvalue weighted by Crippen LogP contribution is 2.25. The fourth-order valence-corrected chi connectivity index (χ4v) is 2.95. The quantitative estimate of drug-likeness (QED) is 0.503. The summed E-state index contributed by atoms with van der Waals surface area (Å²) in [6, 6.07) is 12.9. The van der Waals surface area contributed by atoms with Gasteiger partial charge in [0.1, 0.15) is 28.6 Å². The number of hydrogen-bond donors (Lipinski definition) is 1. The van der Waals surface area contributed by atoms with Gasteiger partial charge in [0.25, 0.3) is 11.5 Å². The lowest BCUT2D eigenvalue weighted by Gasteiger charge is -2.12. The molecular weight excluding hydrogens is 380 g/mol. The van der Waals surface area contributed by atoms with Crippen LogP contribution in [0.2, 0.25) is 0 Å². The van der Waals surface area contributed by atoms with Crippen LogP contribution in [0.5, 0.6) is 11.6 Å². The van der Waals surface area contributed by atoms with Gasteiger partial charge in [0.05, 0.1) is 0 Å². The first kappa shape index (κ1) is 20.8. The number of pyridine rings is 1. The summed E-state index contributed by atoms with van der Waals surface area (Å²) in [5.41, 5.74) is 1.78. The number of nitriles is 1. The number of amides is 1. The van der Waals surface area contributed by atoms with Crippen LogP contribution in [0.15, 0.2) is 53.0 Å². The third-order valence-electron chi connectivity index (χ3n) is 4.59. The molecule has 7 nitrogen and oxygen atoms in total. The SMILES string of the molecule is CCNC(=O)C(C#N)=Cc1c(Oc2ccc(CC)cc2)nc2c(C)cccn2c1=O. The van der Waals surface area contributed by atoms with Crippen molar-refractivity contribution >= 4 is 17.6 Å². The topological polar surface area (TPSA) is 96.5 Å². The van der Waals surface area contributed by atoms with Crippen molar-refractivity contribution in [2.45, 2.75) is 27.2 Å². The molecular formula is C23H22N4O3. The molecule has 0 bridgehead atoms. The molecule has 0 aliphatic rings. The van der Waals surface area contributed by atoms with E-state index in [1.54, 1.807) is 31.3 Å². The normalized spacial score (nSPS) is 11.2. The second kappa shape index (κ2) is 9.05. The summed E-state index contributed by atoms with van der Waals surface area (Å²) < 4.78 is 7.30. The highest BCUT2D eigenvalue weighted by atomic mass is 16.5. The average Bonchev–Trinajstić information content (AvgIpc) is 2.75. The van der Waals surface area contributed by atoms with Crippen LogP contribution in [-0.2, 0) is 11.2 Å². The number of carbonyl (C=O) groups excluding carboxylic acids is 1. The van der Waals surface area contributed by atoms with E-state index in [0.717, 1.165) is 17.5 Å². The first-order chi connectivity index (χ1) is 14.5. The molecule has 0 spiro atoms. The number of ether oxygens (including phenoxy) is 1. The Labute approximate surface area is 174 Å². The Bertz CT molecular complexity index is 1220. The van der Waals surface area contributed by atoms with E-state index in [1.165, 1.54) is 10.5 Å². The van der Waals surface area contributed by atoms with Gasteiger partial charge in [-0.15, -0.1) is 0 Å². The Kier molecular flexibility index (Phi) is 6.28. The molecule has 3 aromatic rings. The molecule has 7 heteroatoms. The zero-order chi connectivity index (χ0) is 21.7. The number of nitrogens with one attached hydrogen (secondary N) is 1. The zero-order valence-corrected chi connectivity index (χ0v) is 17.1. The number of nitrogens with zero attached hydrogens (tertiary/aromatic N) is 3. The van der Waals surface area contributed by atoms with Crippen LogP contribution >= 0.6 is 0 Å². The number of carbonyl (C=O) groups is 1. The van der Waals surface area contributed by atoms with Gasteiger partial charge in [0.2, 0.25) is 5.88 Å². The summed E-state index contributed by atoms with van der Waals surface area (Å²) in [6.45, 7) is 6.00. The van der Waals surface area contributed by atoms with Crippen LogP contribution in [-0.4, -0.2) is 21.8 Å². The molecule has 0 aliphatic carbocycles. The monoisotopic (exact) mass is 402 g/mol. The molecule has 0 fully saturated rings. The maximum atomic E-state index is 13.2. The number of aromatic nitrogens is 2. The van der Waals surface area contributed by atoms with E-state index in [2.05, 4.69) is 17.2 Å². The minimum atomic E-state index is -0.563. The zero-order valence-electron chi connectivity index (χ0n) is 17.1. The van der Waals surface area contributed by atoms with E-state index < -0.39 is 11.5 Å². The fourth-order valence-electron chi connectivity index (χ4n) is 2.95. The van der Waals surface area contributed by atoms with Gasteiger partial charge >= 0.3 is 0 Å². The van der Waals surface area contributed by atoms with Crippen LogP contribution in [0.25, 0.3) is 11.7 Å². The van der Waals surface area contributed by atoms with Gasteiger partial charge in [-0.1, -0.05) is 25.1 Å². The van der Waals surface area contributed by atoms with Gasteiger partial charge in [-0.25, -0.2) is 0 Å². The smallest absolute Gasteiger partial charge is 0.269 e. The van der Waals surface area contributed by atoms with Crippen molar-refractivity contribution in [2.24, 2.45) is 0 Å². The molecule has 0 aliphatic heterocycles. The predicted molar refractivity (Wildman–Crippen MR) is 114 cm³/mol. The summed E-state index contributed by atoms with van der Waals surface area (Å²) in [4.78, 5) is 29.9. The van der Waals surface area contributed by atoms with Gasteiger partial charge in [-0.2, -0.15) is 10.2 Å². The molecule has 1 aromatic carbocycles. The Morgan fingerprint density at radius 3 is 2.63 bits per heavy atom. The van der Waals surface area contributed by atoms with Crippen LogP contribution < -0.4 is 15.6 Å². The number of fused-ring (bicyclic) bond motifs is 1. The van der Waals surface area contributed by atoms with Gasteiger partial charge in [0.15, 0.2) is 0 Å². The average molecular weight is 402 g/mol. The minimum Gasteiger partial charge on any atom is -0.438 e. The molecule has 30 heavy (non-hydrogen) atoms. The lowest BCUT2D eigenvalue weighted by molar-refractivity contribution is -0.116. The number of likely N-dealkylation sites (N-methyl/N-ethyl adjacent to an activating group) is 1. The lowest BCUT2D eigenvalue weighted by atomic mass is 10.1. The van der Waals surface area contributed by atoms with Crippen molar-refractivity contribution in [1.29, 1.82) is 5.26 Å². The first-order valence-electron chi connectivity index (χ1n) is 9.67. The first-order valence-corrected chi connectivity index (χ1v) is 9.67. The Hall–Kier alpha value is -3.92. The Morgan fingerprint density at radius 2 is 2.00 bits per heavy atom. The van der Waals surface area contributed by atoms with E-state index >= 15 is 0 Å². The molecule has 152 valence electrons. The summed E-state index contributed by atoms with van der Waals surface area (Å²) in [6.07, 6.45) is 3.71. The number of hydrogen-bond acceptors (Lipinski definition) is 5. The van der Waals surface area contributed by atoms with Crippen molar-refractivity contribution in [3.8, 4) is 17.7 Å². The molecule has 2 heterocycles. The second-order valence-electron chi connectivity index (χ2n) is 6.65. The second-order valence-corrected chi connectivity index (χ2v) is 6.65. The predicted octanol–water partition coefficient (Wildman–Crippen LogP) is 3.40. The van der Waals surface area contributed by atoms with Crippen molar-refractivity contribution in [3.63, 3.8) is 0 Å². The van der Waals surface area contributed by atoms with E-state index in [1.807, 2.05) is 31.2 Å². The van der Waals surface area contributed by atoms with Crippen LogP contribution in [0, 0.1) is 18.3 Å². The van der Waals surface area contributed by atoms with Gasteiger partial charge in [-0.3, -0.25) is 14.0 Å². The molecule has 0 radical (unpaired) electrons. The van der Waals surface area contributed by atoms with E-state index in [-0.39, 0.29) is 17.0 Å². The van der Waals surface area contributed by atoms with Crippen LogP contribution in [0.4, 0.5) is 0 Å². The molecule has 0 saturated carbocycles. The highest BCUT2D eigenvalue weighted by Gasteiger charge is 2.17. The van der Waals surface area contributed by atoms with Crippen molar-refractivity contribution in [1.82, 2.24) is 14.7 Å². The van der Waals surface area contributed by atoms with Crippen molar-refractivity contribution < 1.29 is 9.53 Å². The minimum absolute atomic E-state index is 0.0282. The van der Waals surface area contributed by atoms with Crippen molar-refractivity contribution in [2.75, 3.05) is 6.54 Å². The molecule has 0 unspecified atom stereocenters. The largest absolute Gasteiger partial charge is 0.438 e. The van der Waals surface area contributed by atoms with Crippen LogP contribution in [0.3, 0.4) is 0 Å². The summed E-state index contributed by atoms with van der Waals surface area (Å²) >= 11 is 0. The third kappa shape index (κ3) is 4.23. The number of benzene rings is 1. The number of rotatable bonds is 6. The van der Waals surface area contributed by atoms with Gasteiger partial charge < -0.3 is 10.1 Å². The summed E-state index contributed by atoms with van der Waals surface area (Å²) in [5, 5.41) is 12.0. The van der Waals surface area contributed by atoms with E-state index in [4.69, 9.17) is 4.74 Å².